The number of pyridine rings is 1. The van der Waals surface area contributed by atoms with Crippen molar-refractivity contribution in [1.29, 1.82) is 0 Å². The van der Waals surface area contributed by atoms with Gasteiger partial charge in [0.25, 0.3) is 15.9 Å². The van der Waals surface area contributed by atoms with E-state index in [1.165, 1.54) is 12.1 Å². The van der Waals surface area contributed by atoms with E-state index in [1.54, 1.807) is 30.5 Å². The highest BCUT2D eigenvalue weighted by atomic mass is 32.2. The van der Waals surface area contributed by atoms with Gasteiger partial charge in [-0.2, -0.15) is 4.98 Å². The molecule has 1 N–H and O–H groups in total. The van der Waals surface area contributed by atoms with Crippen LogP contribution in [-0.2, 0) is 10.0 Å². The molecule has 0 aliphatic rings. The van der Waals surface area contributed by atoms with Gasteiger partial charge < -0.3 is 4.52 Å². The van der Waals surface area contributed by atoms with E-state index >= 15 is 0 Å². The number of aromatic nitrogens is 3. The third kappa shape index (κ3) is 4.17. The van der Waals surface area contributed by atoms with E-state index in [4.69, 9.17) is 4.52 Å². The van der Waals surface area contributed by atoms with Gasteiger partial charge in [-0.25, -0.2) is 13.4 Å². The van der Waals surface area contributed by atoms with Gasteiger partial charge in [0.2, 0.25) is 5.82 Å². The van der Waals surface area contributed by atoms with Crippen molar-refractivity contribution < 1.29 is 12.9 Å². The zero-order chi connectivity index (χ0) is 20.4. The third-order valence-corrected chi connectivity index (χ3v) is 5.63. The van der Waals surface area contributed by atoms with Gasteiger partial charge in [-0.1, -0.05) is 47.1 Å². The molecule has 0 saturated carbocycles. The molecule has 0 atom stereocenters. The van der Waals surface area contributed by atoms with Gasteiger partial charge in [-0.15, -0.1) is 0 Å². The molecule has 0 radical (unpaired) electrons. The number of anilines is 1. The smallest absolute Gasteiger partial charge is 0.263 e. The molecule has 7 nitrogen and oxygen atoms in total. The van der Waals surface area contributed by atoms with Crippen LogP contribution in [0.3, 0.4) is 0 Å². The molecule has 146 valence electrons. The highest BCUT2D eigenvalue weighted by molar-refractivity contribution is 7.92. The molecule has 2 heterocycles. The van der Waals surface area contributed by atoms with Crippen LogP contribution in [0.2, 0.25) is 0 Å². The average molecular weight is 406 g/mol. The highest BCUT2D eigenvalue weighted by Crippen LogP contribution is 2.25. The lowest BCUT2D eigenvalue weighted by molar-refractivity contribution is 0.432. The number of aryl methyl sites for hydroxylation is 2. The first-order valence-electron chi connectivity index (χ1n) is 8.87. The number of rotatable bonds is 5. The molecular formula is C21H18N4O3S. The molecule has 8 heteroatoms. The summed E-state index contributed by atoms with van der Waals surface area (Å²) in [5, 5.41) is 4.00. The van der Waals surface area contributed by atoms with Gasteiger partial charge in [-0.3, -0.25) is 4.72 Å². The second-order valence-corrected chi connectivity index (χ2v) is 8.33. The molecule has 0 unspecified atom stereocenters. The number of hydrogen-bond donors (Lipinski definition) is 1. The lowest BCUT2D eigenvalue weighted by atomic mass is 10.1. The van der Waals surface area contributed by atoms with Crippen molar-refractivity contribution in [3.8, 4) is 22.8 Å². The third-order valence-electron chi connectivity index (χ3n) is 4.28. The lowest BCUT2D eigenvalue weighted by Crippen LogP contribution is -2.13. The van der Waals surface area contributed by atoms with E-state index in [1.807, 2.05) is 38.1 Å². The Morgan fingerprint density at radius 1 is 0.897 bits per heavy atom. The van der Waals surface area contributed by atoms with Crippen molar-refractivity contribution in [2.45, 2.75) is 18.7 Å². The molecule has 4 rings (SSSR count). The Hall–Kier alpha value is -3.52. The van der Waals surface area contributed by atoms with Crippen molar-refractivity contribution in [3.05, 3.63) is 78.0 Å². The second-order valence-electron chi connectivity index (χ2n) is 6.64. The summed E-state index contributed by atoms with van der Waals surface area (Å²) in [5.74, 6) is 0.932. The molecular weight excluding hydrogens is 388 g/mol. The highest BCUT2D eigenvalue weighted by Gasteiger charge is 2.18. The van der Waals surface area contributed by atoms with Crippen molar-refractivity contribution >= 4 is 15.8 Å². The average Bonchev–Trinajstić information content (AvgIpc) is 3.21. The van der Waals surface area contributed by atoms with Gasteiger partial charge >= 0.3 is 0 Å². The molecule has 29 heavy (non-hydrogen) atoms. The van der Waals surface area contributed by atoms with E-state index in [0.29, 0.717) is 11.4 Å². The summed E-state index contributed by atoms with van der Waals surface area (Å²) < 4.78 is 33.2. The Bertz CT molecular complexity index is 1250. The molecule has 0 fully saturated rings. The maximum Gasteiger partial charge on any atom is 0.263 e. The standard InChI is InChI=1S/C21H18N4O3S/c1-14-6-9-16(10-7-14)20-23-21(28-24-20)17-4-3-5-18(12-17)29(26,27)25-19-11-8-15(2)13-22-19/h3-13H,1-2H3,(H,22,25). The Morgan fingerprint density at radius 3 is 2.38 bits per heavy atom. The van der Waals surface area contributed by atoms with Crippen LogP contribution in [0.15, 0.2) is 76.3 Å². The zero-order valence-corrected chi connectivity index (χ0v) is 16.6. The van der Waals surface area contributed by atoms with Crippen molar-refractivity contribution in [1.82, 2.24) is 15.1 Å². The van der Waals surface area contributed by atoms with E-state index < -0.39 is 10.0 Å². The van der Waals surface area contributed by atoms with E-state index in [-0.39, 0.29) is 16.6 Å². The molecule has 0 bridgehead atoms. The summed E-state index contributed by atoms with van der Waals surface area (Å²) in [5.41, 5.74) is 3.40. The summed E-state index contributed by atoms with van der Waals surface area (Å²) in [6.45, 7) is 3.88. The summed E-state index contributed by atoms with van der Waals surface area (Å²) in [6.07, 6.45) is 1.60. The Kier molecular flexibility index (Phi) is 4.85. The fourth-order valence-corrected chi connectivity index (χ4v) is 3.74. The first-order chi connectivity index (χ1) is 13.9. The Labute approximate surface area is 168 Å². The number of hydrogen-bond acceptors (Lipinski definition) is 6. The van der Waals surface area contributed by atoms with Crippen molar-refractivity contribution in [3.63, 3.8) is 0 Å². The largest absolute Gasteiger partial charge is 0.334 e. The molecule has 4 aromatic rings. The van der Waals surface area contributed by atoms with Crippen LogP contribution in [0, 0.1) is 13.8 Å². The van der Waals surface area contributed by atoms with Gasteiger partial charge in [-0.05, 0) is 43.7 Å². The quantitative estimate of drug-likeness (QED) is 0.533. The maximum absolute atomic E-state index is 12.7. The molecule has 0 saturated heterocycles. The van der Waals surface area contributed by atoms with Crippen molar-refractivity contribution in [2.24, 2.45) is 0 Å². The number of nitrogens with zero attached hydrogens (tertiary/aromatic N) is 3. The van der Waals surface area contributed by atoms with Gasteiger partial charge in [0.15, 0.2) is 0 Å². The lowest BCUT2D eigenvalue weighted by Gasteiger charge is -2.08. The summed E-state index contributed by atoms with van der Waals surface area (Å²) in [7, 11) is -3.81. The predicted molar refractivity (Wildman–Crippen MR) is 110 cm³/mol. The number of benzene rings is 2. The molecule has 2 aromatic carbocycles. The van der Waals surface area contributed by atoms with Crippen LogP contribution in [0.25, 0.3) is 22.8 Å². The van der Waals surface area contributed by atoms with Gasteiger partial charge in [0, 0.05) is 17.3 Å². The molecule has 0 spiro atoms. The minimum absolute atomic E-state index is 0.0764. The van der Waals surface area contributed by atoms with Crippen LogP contribution >= 0.6 is 0 Å². The first kappa shape index (κ1) is 18.8. The zero-order valence-electron chi connectivity index (χ0n) is 15.8. The SMILES string of the molecule is Cc1ccc(-c2noc(-c3cccc(S(=O)(=O)Nc4ccc(C)cn4)c3)n2)cc1. The Balaban J connectivity index is 1.62. The minimum Gasteiger partial charge on any atom is -0.334 e. The Morgan fingerprint density at radius 2 is 1.66 bits per heavy atom. The topological polar surface area (TPSA) is 98.0 Å². The second kappa shape index (κ2) is 7.48. The van der Waals surface area contributed by atoms with E-state index in [9.17, 15) is 8.42 Å². The fourth-order valence-electron chi connectivity index (χ4n) is 2.68. The molecule has 0 amide bonds. The summed E-state index contributed by atoms with van der Waals surface area (Å²) >= 11 is 0. The molecule has 2 aromatic heterocycles. The van der Waals surface area contributed by atoms with E-state index in [2.05, 4.69) is 19.8 Å². The normalized spacial score (nSPS) is 11.4. The summed E-state index contributed by atoms with van der Waals surface area (Å²) in [6, 6.07) is 17.5. The number of sulfonamides is 1. The minimum atomic E-state index is -3.81. The van der Waals surface area contributed by atoms with Crippen LogP contribution in [0.1, 0.15) is 11.1 Å². The predicted octanol–water partition coefficient (Wildman–Crippen LogP) is 4.22. The molecule has 0 aliphatic carbocycles. The molecule has 0 aliphatic heterocycles. The maximum atomic E-state index is 12.7. The number of nitrogens with one attached hydrogen (secondary N) is 1. The van der Waals surface area contributed by atoms with Crippen molar-refractivity contribution in [2.75, 3.05) is 4.72 Å². The van der Waals surface area contributed by atoms with Crippen LogP contribution in [0.4, 0.5) is 5.82 Å². The van der Waals surface area contributed by atoms with Gasteiger partial charge in [0.1, 0.15) is 5.82 Å². The monoisotopic (exact) mass is 406 g/mol. The van der Waals surface area contributed by atoms with Crippen LogP contribution in [-0.4, -0.2) is 23.5 Å². The first-order valence-corrected chi connectivity index (χ1v) is 10.4. The van der Waals surface area contributed by atoms with Crippen LogP contribution < -0.4 is 4.72 Å². The summed E-state index contributed by atoms with van der Waals surface area (Å²) in [4.78, 5) is 8.55. The van der Waals surface area contributed by atoms with Gasteiger partial charge in [0.05, 0.1) is 4.90 Å². The van der Waals surface area contributed by atoms with Crippen LogP contribution in [0.5, 0.6) is 0 Å². The fraction of sp³-hybridized carbons (Fsp3) is 0.0952. The van der Waals surface area contributed by atoms with E-state index in [0.717, 1.165) is 16.7 Å².